The normalized spacial score (nSPS) is 50.8. The van der Waals surface area contributed by atoms with E-state index in [0.29, 0.717) is 24.0 Å². The van der Waals surface area contributed by atoms with Gasteiger partial charge in [0.1, 0.15) is 16.8 Å². The predicted octanol–water partition coefficient (Wildman–Crippen LogP) is 1.02. The molecule has 108 valence electrons. The van der Waals surface area contributed by atoms with E-state index in [1.165, 1.54) is 13.0 Å². The molecule has 20 heavy (non-hydrogen) atoms. The lowest BCUT2D eigenvalue weighted by Crippen LogP contribution is -2.63. The van der Waals surface area contributed by atoms with E-state index in [2.05, 4.69) is 6.58 Å². The van der Waals surface area contributed by atoms with Crippen LogP contribution < -0.4 is 0 Å². The van der Waals surface area contributed by atoms with Crippen LogP contribution in [-0.2, 0) is 4.79 Å². The number of carbonyl (C=O) groups excluding carboxylic acids is 1. The van der Waals surface area contributed by atoms with Gasteiger partial charge in [0.2, 0.25) is 0 Å². The Morgan fingerprint density at radius 1 is 1.20 bits per heavy atom. The van der Waals surface area contributed by atoms with Gasteiger partial charge in [0.25, 0.3) is 0 Å². The number of ketones is 1. The van der Waals surface area contributed by atoms with Crippen LogP contribution in [-0.4, -0.2) is 37.9 Å². The lowest BCUT2D eigenvalue weighted by Gasteiger charge is -2.54. The second-order valence-corrected chi connectivity index (χ2v) is 6.77. The molecule has 3 rings (SSSR count). The van der Waals surface area contributed by atoms with Crippen molar-refractivity contribution in [2.75, 3.05) is 0 Å². The topological polar surface area (TPSA) is 77.8 Å². The highest BCUT2D eigenvalue weighted by Gasteiger charge is 2.65. The van der Waals surface area contributed by atoms with Crippen molar-refractivity contribution in [1.82, 2.24) is 0 Å². The second-order valence-electron chi connectivity index (χ2n) is 6.77. The predicted molar refractivity (Wildman–Crippen MR) is 73.9 cm³/mol. The van der Waals surface area contributed by atoms with Crippen molar-refractivity contribution in [3.8, 4) is 0 Å². The zero-order valence-electron chi connectivity index (χ0n) is 11.8. The van der Waals surface area contributed by atoms with Crippen LogP contribution in [0.4, 0.5) is 0 Å². The van der Waals surface area contributed by atoms with Crippen molar-refractivity contribution in [2.24, 2.45) is 5.41 Å². The van der Waals surface area contributed by atoms with Crippen LogP contribution >= 0.6 is 0 Å². The summed E-state index contributed by atoms with van der Waals surface area (Å²) >= 11 is 0. The number of hydrogen-bond donors (Lipinski definition) is 3. The molecule has 4 atom stereocenters. The number of aliphatic hydroxyl groups is 3. The van der Waals surface area contributed by atoms with Crippen LogP contribution in [0.5, 0.6) is 0 Å². The van der Waals surface area contributed by atoms with Crippen molar-refractivity contribution in [3.05, 3.63) is 36.0 Å². The van der Waals surface area contributed by atoms with Crippen molar-refractivity contribution in [2.45, 2.75) is 49.9 Å². The van der Waals surface area contributed by atoms with Gasteiger partial charge in [-0.05, 0) is 49.5 Å². The average Bonchev–Trinajstić information content (AvgIpc) is 2.57. The Balaban J connectivity index is 2.25. The van der Waals surface area contributed by atoms with Gasteiger partial charge >= 0.3 is 0 Å². The standard InChI is InChI=1S/C16H20O4/c1-10-6-7-15(19)8-11-4-5-12(17)14(3,18)13(11,2)9-16(10,15)20/h4-5,8,18-20H,1,6-7,9H2,2-3H3/t13-,14+,15+,16+/m0/s1. The Hall–Kier alpha value is -1.23. The minimum Gasteiger partial charge on any atom is -0.382 e. The minimum absolute atomic E-state index is 0.0875. The minimum atomic E-state index is -1.60. The van der Waals surface area contributed by atoms with Gasteiger partial charge in [-0.1, -0.05) is 19.6 Å². The van der Waals surface area contributed by atoms with E-state index in [1.54, 1.807) is 19.1 Å². The van der Waals surface area contributed by atoms with E-state index in [1.807, 2.05) is 0 Å². The van der Waals surface area contributed by atoms with Gasteiger partial charge in [-0.25, -0.2) is 0 Å². The maximum absolute atomic E-state index is 12.0. The van der Waals surface area contributed by atoms with Crippen LogP contribution in [0.2, 0.25) is 0 Å². The molecule has 1 fully saturated rings. The van der Waals surface area contributed by atoms with Gasteiger partial charge in [0.05, 0.1) is 0 Å². The molecule has 0 aromatic carbocycles. The first-order valence-electron chi connectivity index (χ1n) is 6.88. The highest BCUT2D eigenvalue weighted by atomic mass is 16.4. The van der Waals surface area contributed by atoms with Crippen LogP contribution in [0.1, 0.15) is 33.1 Å². The molecule has 0 aromatic heterocycles. The molecule has 3 aliphatic rings. The molecule has 0 aromatic rings. The van der Waals surface area contributed by atoms with Crippen molar-refractivity contribution < 1.29 is 20.1 Å². The lowest BCUT2D eigenvalue weighted by atomic mass is 9.54. The number of rotatable bonds is 0. The molecule has 0 unspecified atom stereocenters. The average molecular weight is 276 g/mol. The smallest absolute Gasteiger partial charge is 0.187 e. The van der Waals surface area contributed by atoms with Crippen LogP contribution in [0.3, 0.4) is 0 Å². The van der Waals surface area contributed by atoms with Crippen LogP contribution in [0.15, 0.2) is 36.0 Å². The number of hydrogen-bond acceptors (Lipinski definition) is 4. The number of carbonyl (C=O) groups is 1. The summed E-state index contributed by atoms with van der Waals surface area (Å²) in [6.07, 6.45) is 5.61. The summed E-state index contributed by atoms with van der Waals surface area (Å²) in [7, 11) is 0. The molecule has 4 heteroatoms. The van der Waals surface area contributed by atoms with E-state index >= 15 is 0 Å². The largest absolute Gasteiger partial charge is 0.382 e. The van der Waals surface area contributed by atoms with E-state index < -0.39 is 22.2 Å². The van der Waals surface area contributed by atoms with Crippen molar-refractivity contribution in [3.63, 3.8) is 0 Å². The monoisotopic (exact) mass is 276 g/mol. The van der Waals surface area contributed by atoms with Gasteiger partial charge in [0, 0.05) is 5.41 Å². The first-order valence-corrected chi connectivity index (χ1v) is 6.88. The first kappa shape index (κ1) is 13.7. The third kappa shape index (κ3) is 1.29. The Morgan fingerprint density at radius 2 is 1.85 bits per heavy atom. The fourth-order valence-corrected chi connectivity index (χ4v) is 3.85. The Bertz CT molecular complexity index is 585. The maximum atomic E-state index is 12.0. The zero-order chi connectivity index (χ0) is 15.0. The summed E-state index contributed by atoms with van der Waals surface area (Å²) in [6, 6.07) is 0. The molecule has 1 saturated carbocycles. The van der Waals surface area contributed by atoms with Crippen LogP contribution in [0, 0.1) is 5.41 Å². The molecule has 3 aliphatic carbocycles. The lowest BCUT2D eigenvalue weighted by molar-refractivity contribution is -0.161. The molecule has 0 aliphatic heterocycles. The molecule has 0 spiro atoms. The molecule has 0 radical (unpaired) electrons. The van der Waals surface area contributed by atoms with Gasteiger partial charge in [-0.15, -0.1) is 0 Å². The molecule has 0 heterocycles. The molecular formula is C16H20O4. The van der Waals surface area contributed by atoms with E-state index in [9.17, 15) is 20.1 Å². The van der Waals surface area contributed by atoms with E-state index in [-0.39, 0.29) is 12.2 Å². The first-order chi connectivity index (χ1) is 9.07. The van der Waals surface area contributed by atoms with Gasteiger partial charge in [-0.3, -0.25) is 4.79 Å². The van der Waals surface area contributed by atoms with E-state index in [4.69, 9.17) is 0 Å². The SMILES string of the molecule is C=C1CC[C@@]2(O)C=C3C=CC(=O)[C@@](C)(O)[C@@]3(C)C[C@@]12O. The number of allylic oxidation sites excluding steroid dienone is 1. The zero-order valence-corrected chi connectivity index (χ0v) is 11.8. The van der Waals surface area contributed by atoms with Gasteiger partial charge in [-0.2, -0.15) is 0 Å². The van der Waals surface area contributed by atoms with E-state index in [0.717, 1.165) is 0 Å². The van der Waals surface area contributed by atoms with Crippen LogP contribution in [0.25, 0.3) is 0 Å². The summed E-state index contributed by atoms with van der Waals surface area (Å²) in [5.74, 6) is -0.380. The summed E-state index contributed by atoms with van der Waals surface area (Å²) in [5, 5.41) is 32.3. The summed E-state index contributed by atoms with van der Waals surface area (Å²) in [5.41, 5.74) is -4.13. The Kier molecular flexibility index (Phi) is 2.41. The summed E-state index contributed by atoms with van der Waals surface area (Å²) < 4.78 is 0. The highest BCUT2D eigenvalue weighted by Crippen LogP contribution is 2.59. The fraction of sp³-hybridized carbons (Fsp3) is 0.562. The quantitative estimate of drug-likeness (QED) is 0.577. The Labute approximate surface area is 118 Å². The fourth-order valence-electron chi connectivity index (χ4n) is 3.85. The highest BCUT2D eigenvalue weighted by molar-refractivity contribution is 5.99. The second kappa shape index (κ2) is 3.50. The number of fused-ring (bicyclic) bond motifs is 2. The molecule has 0 bridgehead atoms. The molecule has 3 N–H and O–H groups in total. The third-order valence-electron chi connectivity index (χ3n) is 5.72. The Morgan fingerprint density at radius 3 is 2.50 bits per heavy atom. The maximum Gasteiger partial charge on any atom is 0.187 e. The van der Waals surface area contributed by atoms with Crippen molar-refractivity contribution >= 4 is 5.78 Å². The summed E-state index contributed by atoms with van der Waals surface area (Å²) in [6.45, 7) is 7.09. The molecule has 0 amide bonds. The van der Waals surface area contributed by atoms with Gasteiger partial charge < -0.3 is 15.3 Å². The molecular weight excluding hydrogens is 256 g/mol. The molecule has 4 nitrogen and oxygen atoms in total. The summed E-state index contributed by atoms with van der Waals surface area (Å²) in [4.78, 5) is 12.0. The third-order valence-corrected chi connectivity index (χ3v) is 5.72. The van der Waals surface area contributed by atoms with Crippen molar-refractivity contribution in [1.29, 1.82) is 0 Å². The molecule has 0 saturated heterocycles. The van der Waals surface area contributed by atoms with Gasteiger partial charge in [0.15, 0.2) is 5.78 Å².